The molecule has 11 heteroatoms. The molecule has 0 saturated heterocycles. The molecule has 202 valence electrons. The summed E-state index contributed by atoms with van der Waals surface area (Å²) in [7, 11) is 1.19. The van der Waals surface area contributed by atoms with E-state index in [2.05, 4.69) is 10.3 Å². The van der Waals surface area contributed by atoms with Gasteiger partial charge in [-0.3, -0.25) is 4.79 Å². The first kappa shape index (κ1) is 27.5. The van der Waals surface area contributed by atoms with E-state index in [-0.39, 0.29) is 39.9 Å². The smallest absolute Gasteiger partial charge is 0.348 e. The summed E-state index contributed by atoms with van der Waals surface area (Å²) in [5.41, 5.74) is 2.13. The van der Waals surface area contributed by atoms with Gasteiger partial charge < -0.3 is 23.9 Å². The van der Waals surface area contributed by atoms with Crippen LogP contribution < -0.4 is 5.32 Å². The summed E-state index contributed by atoms with van der Waals surface area (Å²) < 4.78 is 21.3. The third kappa shape index (κ3) is 5.68. The van der Waals surface area contributed by atoms with Crippen LogP contribution >= 0.6 is 11.3 Å². The van der Waals surface area contributed by atoms with Crippen LogP contribution in [0.2, 0.25) is 0 Å². The van der Waals surface area contributed by atoms with Gasteiger partial charge in [-0.2, -0.15) is 0 Å². The Kier molecular flexibility index (Phi) is 8.40. The first-order valence-corrected chi connectivity index (χ1v) is 13.0. The summed E-state index contributed by atoms with van der Waals surface area (Å²) in [5, 5.41) is 2.71. The Hall–Kier alpha value is -4.51. The molecule has 0 aliphatic rings. The normalized spacial score (nSPS) is 11.6. The molecule has 0 spiro atoms. The summed E-state index contributed by atoms with van der Waals surface area (Å²) in [6.45, 7) is 5.04. The van der Waals surface area contributed by atoms with Crippen molar-refractivity contribution in [2.24, 2.45) is 0 Å². The number of oxazole rings is 1. The average Bonchev–Trinajstić information content (AvgIpc) is 3.52. The number of hydrogen-bond acceptors (Lipinski definition) is 10. The number of benzene rings is 2. The molecule has 10 nitrogen and oxygen atoms in total. The van der Waals surface area contributed by atoms with Gasteiger partial charge in [0.2, 0.25) is 5.89 Å². The van der Waals surface area contributed by atoms with E-state index in [1.807, 2.05) is 12.1 Å². The quantitative estimate of drug-likeness (QED) is 0.215. The molecule has 4 rings (SSSR count). The van der Waals surface area contributed by atoms with Crippen LogP contribution in [0, 0.1) is 6.92 Å². The van der Waals surface area contributed by atoms with Gasteiger partial charge in [0.1, 0.15) is 15.4 Å². The molecule has 2 aromatic carbocycles. The zero-order chi connectivity index (χ0) is 28.1. The molecule has 1 atom stereocenters. The van der Waals surface area contributed by atoms with Gasteiger partial charge in [0, 0.05) is 0 Å². The van der Waals surface area contributed by atoms with Crippen LogP contribution in [0.5, 0.6) is 0 Å². The van der Waals surface area contributed by atoms with Gasteiger partial charge in [-0.05, 0) is 50.1 Å². The van der Waals surface area contributed by atoms with Crippen molar-refractivity contribution >= 4 is 51.3 Å². The molecule has 1 unspecified atom stereocenters. The van der Waals surface area contributed by atoms with Crippen molar-refractivity contribution in [1.29, 1.82) is 0 Å². The maximum atomic E-state index is 13.2. The fourth-order valence-corrected chi connectivity index (χ4v) is 4.97. The Morgan fingerprint density at radius 1 is 1.00 bits per heavy atom. The molecule has 4 aromatic rings. The Balaban J connectivity index is 1.58. The maximum Gasteiger partial charge on any atom is 0.348 e. The van der Waals surface area contributed by atoms with Crippen LogP contribution in [0.15, 0.2) is 52.9 Å². The van der Waals surface area contributed by atoms with E-state index in [0.717, 1.165) is 11.3 Å². The van der Waals surface area contributed by atoms with Gasteiger partial charge in [0.25, 0.3) is 5.91 Å². The van der Waals surface area contributed by atoms with Crippen molar-refractivity contribution < 1.29 is 37.8 Å². The topological polar surface area (TPSA) is 134 Å². The van der Waals surface area contributed by atoms with Gasteiger partial charge in [-0.25, -0.2) is 19.4 Å². The van der Waals surface area contributed by atoms with Crippen molar-refractivity contribution in [3.05, 3.63) is 70.1 Å². The number of thiophene rings is 1. The summed E-state index contributed by atoms with van der Waals surface area (Å²) in [6, 6.07) is 13.8. The molecule has 0 fully saturated rings. The summed E-state index contributed by atoms with van der Waals surface area (Å²) in [6.07, 6.45) is -1.06. The number of para-hydroxylation sites is 2. The molecule has 2 aromatic heterocycles. The Morgan fingerprint density at radius 3 is 2.41 bits per heavy atom. The van der Waals surface area contributed by atoms with E-state index in [1.54, 1.807) is 57.2 Å². The minimum atomic E-state index is -1.20. The predicted octanol–water partition coefficient (Wildman–Crippen LogP) is 5.40. The summed E-state index contributed by atoms with van der Waals surface area (Å²) in [4.78, 5) is 55.8. The second kappa shape index (κ2) is 11.9. The van der Waals surface area contributed by atoms with Crippen molar-refractivity contribution in [3.8, 4) is 11.5 Å². The highest BCUT2D eigenvalue weighted by atomic mass is 32.1. The first-order valence-electron chi connectivity index (χ1n) is 12.1. The minimum absolute atomic E-state index is 0.0291. The van der Waals surface area contributed by atoms with Gasteiger partial charge in [-0.1, -0.05) is 31.2 Å². The molecule has 1 amide bonds. The zero-order valence-electron chi connectivity index (χ0n) is 21.7. The van der Waals surface area contributed by atoms with Crippen LogP contribution in [0.3, 0.4) is 0 Å². The molecule has 0 saturated carbocycles. The lowest BCUT2D eigenvalue weighted by molar-refractivity contribution is -0.124. The second-order valence-corrected chi connectivity index (χ2v) is 9.32. The van der Waals surface area contributed by atoms with Gasteiger partial charge in [0.05, 0.1) is 30.4 Å². The minimum Gasteiger partial charge on any atom is -0.465 e. The second-order valence-electron chi connectivity index (χ2n) is 8.30. The van der Waals surface area contributed by atoms with E-state index in [0.29, 0.717) is 22.2 Å². The van der Waals surface area contributed by atoms with Crippen molar-refractivity contribution in [3.63, 3.8) is 0 Å². The number of nitrogens with one attached hydrogen (secondary N) is 1. The fraction of sp³-hybridized carbons (Fsp3) is 0.250. The van der Waals surface area contributed by atoms with Crippen LogP contribution in [0.25, 0.3) is 22.6 Å². The van der Waals surface area contributed by atoms with Crippen molar-refractivity contribution in [1.82, 2.24) is 4.98 Å². The van der Waals surface area contributed by atoms with Crippen LogP contribution in [0.4, 0.5) is 5.00 Å². The number of anilines is 1. The summed E-state index contributed by atoms with van der Waals surface area (Å²) in [5.74, 6) is -2.54. The van der Waals surface area contributed by atoms with Gasteiger partial charge in [0.15, 0.2) is 11.7 Å². The Labute approximate surface area is 227 Å². The monoisotopic (exact) mass is 550 g/mol. The lowest BCUT2D eigenvalue weighted by Gasteiger charge is -2.17. The number of nitrogens with zero attached hydrogens (tertiary/aromatic N) is 1. The van der Waals surface area contributed by atoms with E-state index >= 15 is 0 Å². The molecule has 0 aliphatic carbocycles. The molecular formula is C28H26N2O8S. The number of amides is 1. The number of rotatable bonds is 9. The lowest BCUT2D eigenvalue weighted by Crippen LogP contribution is -2.32. The molecule has 0 bridgehead atoms. The average molecular weight is 551 g/mol. The van der Waals surface area contributed by atoms with Crippen LogP contribution in [-0.4, -0.2) is 48.6 Å². The van der Waals surface area contributed by atoms with E-state index < -0.39 is 29.9 Å². The number of aromatic nitrogens is 1. The largest absolute Gasteiger partial charge is 0.465 e. The Bertz CT molecular complexity index is 1520. The maximum absolute atomic E-state index is 13.2. The van der Waals surface area contributed by atoms with E-state index in [9.17, 15) is 19.2 Å². The molecule has 1 N–H and O–H groups in total. The number of methoxy groups -OCH3 is 1. The predicted molar refractivity (Wildman–Crippen MR) is 144 cm³/mol. The first-order chi connectivity index (χ1) is 18.8. The number of esters is 3. The van der Waals surface area contributed by atoms with E-state index in [4.69, 9.17) is 18.6 Å². The zero-order valence-corrected chi connectivity index (χ0v) is 22.5. The standard InChI is InChI=1S/C28H26N2O8S/c1-5-19(23(31)30-25-21(27(33)35-4)15(3)22(39-25)28(34)36-6-2)38-26(32)17-12-8-7-11-16(17)24-29-18-13-9-10-14-20(18)37-24/h7-14,19H,5-6H2,1-4H3,(H,30,31). The Morgan fingerprint density at radius 2 is 1.72 bits per heavy atom. The highest BCUT2D eigenvalue weighted by molar-refractivity contribution is 7.18. The SMILES string of the molecule is CCOC(=O)c1sc(NC(=O)C(CC)OC(=O)c2ccccc2-c2nc3ccccc3o2)c(C(=O)OC)c1C. The van der Waals surface area contributed by atoms with Crippen LogP contribution in [-0.2, 0) is 19.0 Å². The fourth-order valence-electron chi connectivity index (χ4n) is 3.88. The molecule has 0 aliphatic heterocycles. The number of fused-ring (bicyclic) bond motifs is 1. The molecular weight excluding hydrogens is 524 g/mol. The number of hydrogen-bond donors (Lipinski definition) is 1. The number of carbonyl (C=O) groups is 4. The van der Waals surface area contributed by atoms with Gasteiger partial charge >= 0.3 is 17.9 Å². The van der Waals surface area contributed by atoms with E-state index in [1.165, 1.54) is 7.11 Å². The third-order valence-electron chi connectivity index (χ3n) is 5.82. The van der Waals surface area contributed by atoms with Crippen molar-refractivity contribution in [2.75, 3.05) is 19.0 Å². The number of ether oxygens (including phenoxy) is 3. The highest BCUT2D eigenvalue weighted by Crippen LogP contribution is 2.35. The van der Waals surface area contributed by atoms with Crippen LogP contribution in [0.1, 0.15) is 56.2 Å². The highest BCUT2D eigenvalue weighted by Gasteiger charge is 2.30. The summed E-state index contributed by atoms with van der Waals surface area (Å²) >= 11 is 0.883. The molecule has 2 heterocycles. The molecule has 39 heavy (non-hydrogen) atoms. The lowest BCUT2D eigenvalue weighted by atomic mass is 10.1. The van der Waals surface area contributed by atoms with Gasteiger partial charge in [-0.15, -0.1) is 11.3 Å². The number of carbonyl (C=O) groups excluding carboxylic acids is 4. The van der Waals surface area contributed by atoms with Crippen molar-refractivity contribution in [2.45, 2.75) is 33.3 Å². The third-order valence-corrected chi connectivity index (χ3v) is 7.00. The molecule has 0 radical (unpaired) electrons.